The summed E-state index contributed by atoms with van der Waals surface area (Å²) in [5.41, 5.74) is 9.32. The van der Waals surface area contributed by atoms with Crippen molar-refractivity contribution in [1.82, 2.24) is 15.2 Å². The summed E-state index contributed by atoms with van der Waals surface area (Å²) in [6, 6.07) is -1.19. The van der Waals surface area contributed by atoms with E-state index in [9.17, 15) is 33.1 Å². The van der Waals surface area contributed by atoms with Gasteiger partial charge in [0.15, 0.2) is 10.8 Å². The molecule has 1 aromatic heterocycles. The molecule has 17 heteroatoms. The zero-order valence-corrected chi connectivity index (χ0v) is 17.3. The number of primary amides is 1. The molecule has 2 atom stereocenters. The smallest absolute Gasteiger partial charge is 0.407 e. The quantitative estimate of drug-likeness (QED) is 0.208. The number of carbonyl (C=O) groups is 4. The number of aliphatic carboxylic acids is 1. The number of aromatic nitrogens is 1. The highest BCUT2D eigenvalue weighted by atomic mass is 32.2. The maximum atomic E-state index is 12.6. The number of fused-ring (bicyclic) bond motifs is 1. The second kappa shape index (κ2) is 9.35. The van der Waals surface area contributed by atoms with Gasteiger partial charge in [0.2, 0.25) is 0 Å². The number of β-lactam (4-membered cyclic amide) rings is 1. The number of nitrogens with two attached hydrogens (primary N) is 2. The summed E-state index contributed by atoms with van der Waals surface area (Å²) in [6.45, 7) is -3.74. The average molecular weight is 492 g/mol. The zero-order chi connectivity index (χ0) is 23.6. The number of hydrogen-bond acceptors (Lipinski definition) is 11. The molecule has 172 valence electrons. The monoisotopic (exact) mass is 492 g/mol. The summed E-state index contributed by atoms with van der Waals surface area (Å²) in [5, 5.41) is 15.4. The molecule has 13 nitrogen and oxygen atoms in total. The van der Waals surface area contributed by atoms with Crippen molar-refractivity contribution in [3.63, 3.8) is 0 Å². The van der Waals surface area contributed by atoms with Crippen molar-refractivity contribution < 1.29 is 42.6 Å². The van der Waals surface area contributed by atoms with E-state index in [2.05, 4.69) is 25.0 Å². The number of nitrogen functional groups attached to an aromatic ring is 1. The van der Waals surface area contributed by atoms with Crippen molar-refractivity contribution >= 4 is 57.8 Å². The number of thiazole rings is 1. The third-order valence-corrected chi connectivity index (χ3v) is 6.14. The van der Waals surface area contributed by atoms with Crippen molar-refractivity contribution in [2.75, 3.05) is 18.1 Å². The summed E-state index contributed by atoms with van der Waals surface area (Å²) in [5.74, 6) is -3.22. The highest BCUT2D eigenvalue weighted by Crippen LogP contribution is 2.40. The molecule has 3 heterocycles. The number of anilines is 1. The molecule has 0 saturated carbocycles. The lowest BCUT2D eigenvalue weighted by atomic mass is 10.0. The second-order valence-electron chi connectivity index (χ2n) is 6.10. The maximum Gasteiger partial charge on any atom is 0.407 e. The van der Waals surface area contributed by atoms with E-state index in [-0.39, 0.29) is 22.2 Å². The Bertz CT molecular complexity index is 1030. The number of carboxylic acids is 1. The first-order valence-electron chi connectivity index (χ1n) is 8.46. The Hall–Kier alpha value is -3.47. The minimum atomic E-state index is -3.31. The van der Waals surface area contributed by atoms with Crippen LogP contribution in [0.15, 0.2) is 21.8 Å². The molecule has 1 unspecified atom stereocenters. The number of amides is 3. The molecular formula is C15H14F2N6O7S2. The molecule has 1 aromatic rings. The largest absolute Gasteiger partial charge is 0.477 e. The summed E-state index contributed by atoms with van der Waals surface area (Å²) in [6.07, 6.45) is -1.12. The van der Waals surface area contributed by atoms with Crippen molar-refractivity contribution in [1.29, 1.82) is 0 Å². The highest BCUT2D eigenvalue weighted by Gasteiger charge is 2.54. The zero-order valence-electron chi connectivity index (χ0n) is 15.7. The Labute approximate surface area is 185 Å². The molecule has 0 radical (unpaired) electrons. The molecule has 32 heavy (non-hydrogen) atoms. The van der Waals surface area contributed by atoms with Gasteiger partial charge in [0.25, 0.3) is 11.8 Å². The fourth-order valence-corrected chi connectivity index (χ4v) is 4.73. The number of alkyl halides is 2. The number of carboxylic acid groups (broad SMARTS) is 1. The van der Waals surface area contributed by atoms with Crippen LogP contribution in [-0.4, -0.2) is 75.0 Å². The molecule has 0 aromatic carbocycles. The molecule has 3 amide bonds. The first-order valence-corrected chi connectivity index (χ1v) is 10.4. The molecule has 1 fully saturated rings. The van der Waals surface area contributed by atoms with Crippen LogP contribution in [0.5, 0.6) is 0 Å². The molecule has 0 spiro atoms. The van der Waals surface area contributed by atoms with E-state index in [0.717, 1.165) is 28.0 Å². The minimum Gasteiger partial charge on any atom is -0.477 e. The molecule has 0 bridgehead atoms. The number of oxime groups is 1. The fourth-order valence-electron chi connectivity index (χ4n) is 2.86. The molecule has 2 aliphatic heterocycles. The van der Waals surface area contributed by atoms with Crippen LogP contribution in [0.2, 0.25) is 0 Å². The molecule has 6 N–H and O–H groups in total. The van der Waals surface area contributed by atoms with Crippen molar-refractivity contribution in [2.24, 2.45) is 10.9 Å². The number of ether oxygens (including phenoxy) is 1. The summed E-state index contributed by atoms with van der Waals surface area (Å²) in [7, 11) is 0. The second-order valence-corrected chi connectivity index (χ2v) is 8.10. The van der Waals surface area contributed by atoms with Gasteiger partial charge in [-0.25, -0.2) is 14.6 Å². The lowest BCUT2D eigenvalue weighted by molar-refractivity contribution is -0.150. The topological polar surface area (TPSA) is 200 Å². The maximum absolute atomic E-state index is 12.6. The Balaban J connectivity index is 1.78. The van der Waals surface area contributed by atoms with E-state index in [1.807, 2.05) is 0 Å². The van der Waals surface area contributed by atoms with E-state index < -0.39 is 59.9 Å². The van der Waals surface area contributed by atoms with E-state index in [1.54, 1.807) is 0 Å². The molecule has 1 saturated heterocycles. The van der Waals surface area contributed by atoms with Gasteiger partial charge >= 0.3 is 18.7 Å². The van der Waals surface area contributed by atoms with E-state index in [0.29, 0.717) is 0 Å². The molecular weight excluding hydrogens is 478 g/mol. The van der Waals surface area contributed by atoms with Crippen molar-refractivity contribution in [3.8, 4) is 0 Å². The third kappa shape index (κ3) is 4.72. The van der Waals surface area contributed by atoms with Gasteiger partial charge in [-0.2, -0.15) is 8.78 Å². The van der Waals surface area contributed by atoms with Crippen LogP contribution in [0.4, 0.5) is 18.7 Å². The predicted molar refractivity (Wildman–Crippen MR) is 105 cm³/mol. The minimum absolute atomic E-state index is 0.0354. The molecule has 2 aliphatic rings. The van der Waals surface area contributed by atoms with Gasteiger partial charge < -0.3 is 31.5 Å². The lowest BCUT2D eigenvalue weighted by Gasteiger charge is -2.49. The van der Waals surface area contributed by atoms with E-state index in [1.165, 1.54) is 5.38 Å². The standard InChI is InChI=1S/C15H14F2N6O7S2/c16-13(17)30-22-6(5-3-32-14(18)20-5)9(24)21-7-10(25)23-8(12(26)27)4(1-29-15(19)28)2-31-11(7)23/h3,7,11,13H,1-2H2,(H2,18,20)(H2,19,28)(H,21,24)(H,26,27)/t7?,11-/m1/s1. The number of halogens is 2. The summed E-state index contributed by atoms with van der Waals surface area (Å²) >= 11 is 2.01. The Morgan fingerprint density at radius 2 is 2.16 bits per heavy atom. The van der Waals surface area contributed by atoms with E-state index in [4.69, 9.17) is 11.5 Å². The molecule has 0 aliphatic carbocycles. The Morgan fingerprint density at radius 1 is 1.44 bits per heavy atom. The van der Waals surface area contributed by atoms with Crippen molar-refractivity contribution in [2.45, 2.75) is 18.0 Å². The number of hydrogen-bond donors (Lipinski definition) is 4. The first kappa shape index (κ1) is 23.2. The first-order chi connectivity index (χ1) is 15.1. The van der Waals surface area contributed by atoms with Crippen LogP contribution < -0.4 is 16.8 Å². The van der Waals surface area contributed by atoms with Gasteiger partial charge in [-0.05, 0) is 0 Å². The van der Waals surface area contributed by atoms with Crippen LogP contribution >= 0.6 is 23.1 Å². The van der Waals surface area contributed by atoms with Gasteiger partial charge in [-0.15, -0.1) is 23.1 Å². The van der Waals surface area contributed by atoms with Crippen LogP contribution in [-0.2, 0) is 24.0 Å². The van der Waals surface area contributed by atoms with Crippen LogP contribution in [0.25, 0.3) is 0 Å². The normalized spacial score (nSPS) is 20.5. The van der Waals surface area contributed by atoms with Gasteiger partial charge in [0, 0.05) is 16.7 Å². The number of carbonyl (C=O) groups excluding carboxylic acids is 3. The van der Waals surface area contributed by atoms with Crippen molar-refractivity contribution in [3.05, 3.63) is 22.3 Å². The average Bonchev–Trinajstić information content (AvgIpc) is 3.15. The Kier molecular flexibility index (Phi) is 6.78. The predicted octanol–water partition coefficient (Wildman–Crippen LogP) is -0.497. The van der Waals surface area contributed by atoms with Gasteiger partial charge in [-0.3, -0.25) is 14.5 Å². The Morgan fingerprint density at radius 3 is 2.72 bits per heavy atom. The van der Waals surface area contributed by atoms with Crippen LogP contribution in [0.3, 0.4) is 0 Å². The SMILES string of the molecule is NC(=O)OCC1=C(C(=O)O)N2C(=O)C(NC(=O)C(=NOC(F)F)c3csc(N)n3)[C@H]2SC1. The third-order valence-electron chi connectivity index (χ3n) is 4.13. The number of thioether (sulfide) groups is 1. The lowest BCUT2D eigenvalue weighted by Crippen LogP contribution is -2.71. The number of rotatable bonds is 8. The van der Waals surface area contributed by atoms with Gasteiger partial charge in [0.1, 0.15) is 29.4 Å². The number of nitrogens with one attached hydrogen (secondary N) is 1. The van der Waals surface area contributed by atoms with Crippen LogP contribution in [0.1, 0.15) is 5.69 Å². The van der Waals surface area contributed by atoms with Gasteiger partial charge in [0.05, 0.1) is 0 Å². The van der Waals surface area contributed by atoms with Gasteiger partial charge in [-0.1, -0.05) is 5.16 Å². The summed E-state index contributed by atoms with van der Waals surface area (Å²) < 4.78 is 29.4. The molecule has 3 rings (SSSR count). The number of nitrogens with zero attached hydrogens (tertiary/aromatic N) is 3. The van der Waals surface area contributed by atoms with E-state index >= 15 is 0 Å². The fraction of sp³-hybridized carbons (Fsp3) is 0.333. The van der Waals surface area contributed by atoms with Crippen LogP contribution in [0, 0.1) is 0 Å². The summed E-state index contributed by atoms with van der Waals surface area (Å²) in [4.78, 5) is 56.3. The highest BCUT2D eigenvalue weighted by molar-refractivity contribution is 8.00.